The zero-order valence-electron chi connectivity index (χ0n) is 23.4. The fourth-order valence-electron chi connectivity index (χ4n) is 3.80. The Hall–Kier alpha value is -3.45. The van der Waals surface area contributed by atoms with Crippen LogP contribution in [0.5, 0.6) is 11.5 Å². The zero-order valence-corrected chi connectivity index (χ0v) is 26.1. The predicted octanol–water partition coefficient (Wildman–Crippen LogP) is 8.54. The van der Waals surface area contributed by atoms with Crippen molar-refractivity contribution in [3.05, 3.63) is 94.1 Å². The van der Waals surface area contributed by atoms with Crippen LogP contribution in [0.3, 0.4) is 0 Å². The van der Waals surface area contributed by atoms with Crippen molar-refractivity contribution in [2.45, 2.75) is 38.3 Å². The van der Waals surface area contributed by atoms with Gasteiger partial charge < -0.3 is 14.0 Å². The van der Waals surface area contributed by atoms with Crippen LogP contribution >= 0.6 is 19.6 Å². The van der Waals surface area contributed by atoms with Gasteiger partial charge in [-0.1, -0.05) is 38.1 Å². The first kappa shape index (κ1) is 33.4. The number of fused-ring (bicyclic) bond motifs is 1. The van der Waals surface area contributed by atoms with Gasteiger partial charge in [0.15, 0.2) is 0 Å². The highest BCUT2D eigenvalue weighted by Gasteiger charge is 2.41. The molecule has 232 valence electrons. The van der Waals surface area contributed by atoms with Gasteiger partial charge in [-0.15, -0.1) is 11.3 Å². The molecule has 15 heteroatoms. The Bertz CT molecular complexity index is 1650. The van der Waals surface area contributed by atoms with Crippen LogP contribution in [0.1, 0.15) is 42.4 Å². The fourth-order valence-corrected chi connectivity index (χ4v) is 7.40. The molecule has 0 fully saturated rings. The summed E-state index contributed by atoms with van der Waals surface area (Å²) >= 11 is 0.807. The molecule has 4 aromatic rings. The molecule has 0 spiro atoms. The van der Waals surface area contributed by atoms with Crippen LogP contribution in [-0.4, -0.2) is 33.4 Å². The second-order valence-corrected chi connectivity index (χ2v) is 14.0. The lowest BCUT2D eigenvalue weighted by molar-refractivity contribution is 0.0721. The fraction of sp³-hybridized carbons (Fsp3) is 0.241. The second-order valence-electron chi connectivity index (χ2n) is 9.43. The molecular weight excluding hydrogens is 647 g/mol. The molecule has 1 N–H and O–H groups in total. The first-order valence-corrected chi connectivity index (χ1v) is 16.2. The molecule has 0 aliphatic carbocycles. The third-order valence-corrected chi connectivity index (χ3v) is 10.3. The minimum absolute atomic E-state index is 0.140. The summed E-state index contributed by atoms with van der Waals surface area (Å²) in [4.78, 5) is 24.6. The summed E-state index contributed by atoms with van der Waals surface area (Å²) in [5, 5.41) is 1.26. The lowest BCUT2D eigenvalue weighted by Crippen LogP contribution is -2.37. The van der Waals surface area contributed by atoms with E-state index in [9.17, 15) is 31.5 Å². The highest BCUT2D eigenvalue weighted by molar-refractivity contribution is 7.52. The molecule has 1 aromatic heterocycles. The minimum Gasteiger partial charge on any atom is -0.470 e. The van der Waals surface area contributed by atoms with Gasteiger partial charge in [-0.3, -0.25) is 9.88 Å². The molecule has 0 bridgehead atoms. The zero-order chi connectivity index (χ0) is 32.2. The van der Waals surface area contributed by atoms with E-state index in [4.69, 9.17) is 9.26 Å². The van der Waals surface area contributed by atoms with Gasteiger partial charge >= 0.3 is 5.97 Å². The van der Waals surface area contributed by atoms with Crippen molar-refractivity contribution < 1.29 is 49.9 Å². The molecule has 4 rings (SSSR count). The number of carbonyl (C=O) groups excluding carboxylic acids is 2. The Morgan fingerprint density at radius 1 is 0.977 bits per heavy atom. The smallest absolute Gasteiger partial charge is 0.353 e. The standard InChI is InChI=1S/C29H24F6NO5PSSi/c1-4-12-39-28(38)44-15(2)36-42(41-18-8-6-5-7-9-18)29(3,35)17-10-11-19-16(13-17)14-20(43-19)27(37)40-26-24(33)22(31)21(30)23(32)25(26)34/h5-11,13-15,36H,4,12H2,1-3H3/t15-,29-,42+/m1/s1. The van der Waals surface area contributed by atoms with Crippen LogP contribution in [0, 0.1) is 29.1 Å². The predicted molar refractivity (Wildman–Crippen MR) is 155 cm³/mol. The summed E-state index contributed by atoms with van der Waals surface area (Å²) < 4.78 is 101. The Morgan fingerprint density at radius 2 is 1.61 bits per heavy atom. The number of hydrogen-bond acceptors (Lipinski definition) is 7. The quantitative estimate of drug-likeness (QED) is 0.0310. The van der Waals surface area contributed by atoms with Gasteiger partial charge in [0.05, 0.1) is 6.61 Å². The number of carbonyl (C=O) groups is 2. The number of ether oxygens (including phenoxy) is 2. The van der Waals surface area contributed by atoms with E-state index in [1.165, 1.54) is 31.2 Å². The van der Waals surface area contributed by atoms with E-state index < -0.39 is 65.8 Å². The second kappa shape index (κ2) is 14.1. The van der Waals surface area contributed by atoms with E-state index in [2.05, 4.69) is 9.82 Å². The van der Waals surface area contributed by atoms with Gasteiger partial charge in [-0.2, -0.15) is 8.78 Å². The monoisotopic (exact) mass is 671 g/mol. The molecular formula is C29H24F6NO5PSSi. The van der Waals surface area contributed by atoms with Gasteiger partial charge in [0.25, 0.3) is 5.59 Å². The largest absolute Gasteiger partial charge is 0.470 e. The number of thiophene rings is 1. The minimum atomic E-state index is -2.39. The van der Waals surface area contributed by atoms with Crippen LogP contribution < -0.4 is 14.3 Å². The average Bonchev–Trinajstić information content (AvgIpc) is 3.44. The summed E-state index contributed by atoms with van der Waals surface area (Å²) in [7, 11) is -2.47. The normalized spacial score (nSPS) is 14.1. The molecule has 0 aliphatic heterocycles. The number of benzene rings is 3. The lowest BCUT2D eigenvalue weighted by atomic mass is 10.1. The van der Waals surface area contributed by atoms with Gasteiger partial charge in [0, 0.05) is 10.4 Å². The number of hydrogen-bond donors (Lipinski definition) is 1. The summed E-state index contributed by atoms with van der Waals surface area (Å²) in [6.07, 6.45) is 0.659. The summed E-state index contributed by atoms with van der Waals surface area (Å²) in [6.45, 7) is 5.14. The molecule has 3 aromatic carbocycles. The summed E-state index contributed by atoms with van der Waals surface area (Å²) in [5.41, 5.74) is -0.786. The van der Waals surface area contributed by atoms with Gasteiger partial charge in [0.1, 0.15) is 10.6 Å². The Morgan fingerprint density at radius 3 is 2.25 bits per heavy atom. The third-order valence-electron chi connectivity index (χ3n) is 6.01. The Labute approximate surface area is 256 Å². The van der Waals surface area contributed by atoms with Crippen molar-refractivity contribution in [3.8, 4) is 11.5 Å². The van der Waals surface area contributed by atoms with Gasteiger partial charge in [0.2, 0.25) is 58.1 Å². The van der Waals surface area contributed by atoms with Crippen molar-refractivity contribution in [1.29, 1.82) is 0 Å². The van der Waals surface area contributed by atoms with Crippen molar-refractivity contribution >= 4 is 50.8 Å². The number of nitrogens with one attached hydrogen (secondary N) is 1. The molecule has 3 atom stereocenters. The van der Waals surface area contributed by atoms with Crippen LogP contribution in [0.25, 0.3) is 10.1 Å². The van der Waals surface area contributed by atoms with Crippen LogP contribution in [0.2, 0.25) is 0 Å². The molecule has 0 saturated carbocycles. The van der Waals surface area contributed by atoms with E-state index in [1.807, 2.05) is 6.92 Å². The molecule has 0 aliphatic rings. The van der Waals surface area contributed by atoms with Crippen molar-refractivity contribution in [3.63, 3.8) is 0 Å². The highest BCUT2D eigenvalue weighted by Crippen LogP contribution is 2.55. The summed E-state index contributed by atoms with van der Waals surface area (Å²) in [5.74, 6) is -14.2. The van der Waals surface area contributed by atoms with E-state index in [1.54, 1.807) is 37.3 Å². The molecule has 0 saturated heterocycles. The third kappa shape index (κ3) is 7.43. The molecule has 2 radical (unpaired) electrons. The number of halogens is 6. The molecule has 6 nitrogen and oxygen atoms in total. The Kier molecular flexibility index (Phi) is 10.7. The topological polar surface area (TPSA) is 73.9 Å². The first-order valence-electron chi connectivity index (χ1n) is 13.0. The SMILES string of the molecule is CCCOC(=O)[Si][C@H](C)N[P@@](Oc1ccccc1)[C@@](C)(F)c1ccc2sc(C(=O)Oc3c(F)c(F)c(F)c(F)c3F)cc2c1. The van der Waals surface area contributed by atoms with E-state index in [0.717, 1.165) is 11.3 Å². The van der Waals surface area contributed by atoms with Crippen LogP contribution in [0.4, 0.5) is 31.1 Å². The lowest BCUT2D eigenvalue weighted by Gasteiger charge is -2.32. The number of alkyl halides is 1. The maximum absolute atomic E-state index is 16.7. The van der Waals surface area contributed by atoms with E-state index in [0.29, 0.717) is 22.3 Å². The van der Waals surface area contributed by atoms with Crippen molar-refractivity contribution in [2.24, 2.45) is 0 Å². The summed E-state index contributed by atoms with van der Waals surface area (Å²) in [6, 6.07) is 14.2. The maximum Gasteiger partial charge on any atom is 0.353 e. The van der Waals surface area contributed by atoms with Crippen molar-refractivity contribution in [2.75, 3.05) is 6.61 Å². The average molecular weight is 672 g/mol. The number of rotatable bonds is 12. The number of para-hydroxylation sites is 1. The van der Waals surface area contributed by atoms with Gasteiger partial charge in [-0.25, -0.2) is 22.4 Å². The number of esters is 1. The molecule has 0 amide bonds. The van der Waals surface area contributed by atoms with Crippen LogP contribution in [0.15, 0.2) is 54.6 Å². The first-order chi connectivity index (χ1) is 20.8. The molecule has 44 heavy (non-hydrogen) atoms. The van der Waals surface area contributed by atoms with Crippen molar-refractivity contribution in [1.82, 2.24) is 5.09 Å². The Balaban J connectivity index is 1.61. The van der Waals surface area contributed by atoms with Crippen LogP contribution in [-0.2, 0) is 10.1 Å². The molecule has 1 heterocycles. The molecule has 0 unspecified atom stereocenters. The maximum atomic E-state index is 16.7. The highest BCUT2D eigenvalue weighted by atomic mass is 32.1. The van der Waals surface area contributed by atoms with Gasteiger partial charge in [-0.05, 0) is 54.6 Å². The van der Waals surface area contributed by atoms with E-state index >= 15 is 4.39 Å². The van der Waals surface area contributed by atoms with E-state index in [-0.39, 0.29) is 26.6 Å².